The quantitative estimate of drug-likeness (QED) is 0.574. The van der Waals surface area contributed by atoms with Crippen molar-refractivity contribution in [3.63, 3.8) is 0 Å². The highest BCUT2D eigenvalue weighted by Gasteiger charge is 2.17. The molecule has 2 N–H and O–H groups in total. The van der Waals surface area contributed by atoms with Crippen molar-refractivity contribution < 1.29 is 8.42 Å². The van der Waals surface area contributed by atoms with E-state index in [2.05, 4.69) is 0 Å². The standard InChI is InChI=1S/C7H13NO2S/c8-4-1-7-2-5-11(9,10)6-3-7/h1H,2-6,8H2. The summed E-state index contributed by atoms with van der Waals surface area (Å²) < 4.78 is 21.9. The number of sulfone groups is 1. The van der Waals surface area contributed by atoms with Crippen LogP contribution >= 0.6 is 0 Å². The van der Waals surface area contributed by atoms with Gasteiger partial charge in [-0.2, -0.15) is 0 Å². The van der Waals surface area contributed by atoms with Gasteiger partial charge in [0, 0.05) is 6.54 Å². The lowest BCUT2D eigenvalue weighted by Crippen LogP contribution is -2.18. The monoisotopic (exact) mass is 175 g/mol. The molecule has 0 aromatic carbocycles. The molecular formula is C7H13NO2S. The lowest BCUT2D eigenvalue weighted by molar-refractivity contribution is 0.589. The summed E-state index contributed by atoms with van der Waals surface area (Å²) in [4.78, 5) is 0. The Morgan fingerprint density at radius 2 is 1.91 bits per heavy atom. The van der Waals surface area contributed by atoms with Crippen molar-refractivity contribution in [1.82, 2.24) is 0 Å². The zero-order chi connectivity index (χ0) is 8.32. The van der Waals surface area contributed by atoms with Crippen molar-refractivity contribution in [1.29, 1.82) is 0 Å². The van der Waals surface area contributed by atoms with Gasteiger partial charge in [0.25, 0.3) is 0 Å². The molecule has 1 aliphatic heterocycles. The molecule has 64 valence electrons. The molecule has 1 aliphatic rings. The van der Waals surface area contributed by atoms with Gasteiger partial charge in [-0.05, 0) is 12.8 Å². The number of allylic oxidation sites excluding steroid dienone is 1. The van der Waals surface area contributed by atoms with E-state index in [0.717, 1.165) is 0 Å². The Kier molecular flexibility index (Phi) is 2.67. The van der Waals surface area contributed by atoms with Crippen LogP contribution in [0.5, 0.6) is 0 Å². The van der Waals surface area contributed by atoms with Crippen LogP contribution in [0.4, 0.5) is 0 Å². The summed E-state index contributed by atoms with van der Waals surface area (Å²) in [6.45, 7) is 0.523. The fourth-order valence-electron chi connectivity index (χ4n) is 1.17. The van der Waals surface area contributed by atoms with Gasteiger partial charge in [0.15, 0.2) is 9.84 Å². The Morgan fingerprint density at radius 3 is 2.36 bits per heavy atom. The van der Waals surface area contributed by atoms with Gasteiger partial charge in [-0.1, -0.05) is 11.6 Å². The highest BCUT2D eigenvalue weighted by molar-refractivity contribution is 7.91. The van der Waals surface area contributed by atoms with Gasteiger partial charge < -0.3 is 5.73 Å². The second-order valence-electron chi connectivity index (χ2n) is 2.75. The summed E-state index contributed by atoms with van der Waals surface area (Å²) in [5.41, 5.74) is 6.50. The lowest BCUT2D eigenvalue weighted by atomic mass is 10.1. The molecule has 0 unspecified atom stereocenters. The minimum atomic E-state index is -2.72. The molecule has 11 heavy (non-hydrogen) atoms. The van der Waals surface area contributed by atoms with E-state index >= 15 is 0 Å². The second kappa shape index (κ2) is 3.36. The summed E-state index contributed by atoms with van der Waals surface area (Å²) in [7, 11) is -2.72. The largest absolute Gasteiger partial charge is 0.327 e. The second-order valence-corrected chi connectivity index (χ2v) is 5.05. The van der Waals surface area contributed by atoms with Crippen molar-refractivity contribution in [3.05, 3.63) is 11.6 Å². The van der Waals surface area contributed by atoms with Crippen LogP contribution in [-0.2, 0) is 9.84 Å². The highest BCUT2D eigenvalue weighted by atomic mass is 32.2. The van der Waals surface area contributed by atoms with Crippen LogP contribution < -0.4 is 5.73 Å². The third-order valence-electron chi connectivity index (χ3n) is 1.87. The Hall–Kier alpha value is -0.350. The Labute approximate surface area is 67.2 Å². The van der Waals surface area contributed by atoms with Crippen LogP contribution in [0.3, 0.4) is 0 Å². The summed E-state index contributed by atoms with van der Waals surface area (Å²) >= 11 is 0. The van der Waals surface area contributed by atoms with Gasteiger partial charge in [-0.25, -0.2) is 8.42 Å². The Bertz CT molecular complexity index is 238. The van der Waals surface area contributed by atoms with E-state index in [9.17, 15) is 8.42 Å². The van der Waals surface area contributed by atoms with E-state index in [1.165, 1.54) is 5.57 Å². The van der Waals surface area contributed by atoms with E-state index in [-0.39, 0.29) is 0 Å². The van der Waals surface area contributed by atoms with E-state index in [0.29, 0.717) is 30.9 Å². The third-order valence-corrected chi connectivity index (χ3v) is 3.53. The topological polar surface area (TPSA) is 60.2 Å². The molecule has 3 nitrogen and oxygen atoms in total. The summed E-state index contributed by atoms with van der Waals surface area (Å²) in [6, 6.07) is 0. The molecule has 0 radical (unpaired) electrons. The fraction of sp³-hybridized carbons (Fsp3) is 0.714. The van der Waals surface area contributed by atoms with E-state index in [1.54, 1.807) is 0 Å². The molecule has 0 aliphatic carbocycles. The molecule has 1 fully saturated rings. The molecule has 1 heterocycles. The third kappa shape index (κ3) is 2.63. The molecule has 0 aromatic rings. The zero-order valence-corrected chi connectivity index (χ0v) is 7.23. The molecule has 1 saturated heterocycles. The Morgan fingerprint density at radius 1 is 1.36 bits per heavy atom. The minimum Gasteiger partial charge on any atom is -0.327 e. The molecule has 0 atom stereocenters. The molecular weight excluding hydrogens is 162 g/mol. The summed E-state index contributed by atoms with van der Waals surface area (Å²) in [5.74, 6) is 0.609. The maximum absolute atomic E-state index is 10.9. The molecule has 0 saturated carbocycles. The normalized spacial score (nSPS) is 23.2. The summed E-state index contributed by atoms with van der Waals surface area (Å²) in [5, 5.41) is 0. The van der Waals surface area contributed by atoms with E-state index in [4.69, 9.17) is 5.73 Å². The number of hydrogen-bond acceptors (Lipinski definition) is 3. The maximum atomic E-state index is 10.9. The first-order valence-electron chi connectivity index (χ1n) is 3.72. The average molecular weight is 175 g/mol. The predicted octanol–water partition coefficient (Wildman–Crippen LogP) is 0.0801. The maximum Gasteiger partial charge on any atom is 0.150 e. The lowest BCUT2D eigenvalue weighted by Gasteiger charge is -2.13. The first-order chi connectivity index (χ1) is 5.14. The molecule has 0 spiro atoms. The van der Waals surface area contributed by atoms with Crippen LogP contribution in [-0.4, -0.2) is 26.5 Å². The molecule has 0 aromatic heterocycles. The smallest absolute Gasteiger partial charge is 0.150 e. The minimum absolute atomic E-state index is 0.304. The van der Waals surface area contributed by atoms with Crippen LogP contribution in [0.1, 0.15) is 12.8 Å². The average Bonchev–Trinajstić information content (AvgIpc) is 1.94. The van der Waals surface area contributed by atoms with Crippen LogP contribution in [0, 0.1) is 0 Å². The number of hydrogen-bond donors (Lipinski definition) is 1. The van der Waals surface area contributed by atoms with E-state index < -0.39 is 9.84 Å². The first-order valence-corrected chi connectivity index (χ1v) is 5.54. The molecule has 0 bridgehead atoms. The predicted molar refractivity (Wildman–Crippen MR) is 45.0 cm³/mol. The van der Waals surface area contributed by atoms with Crippen molar-refractivity contribution >= 4 is 9.84 Å². The SMILES string of the molecule is NCC=C1CCS(=O)(=O)CC1. The fourth-order valence-corrected chi connectivity index (χ4v) is 2.52. The molecule has 4 heteroatoms. The Balaban J connectivity index is 2.55. The van der Waals surface area contributed by atoms with Crippen LogP contribution in [0.2, 0.25) is 0 Å². The van der Waals surface area contributed by atoms with Crippen LogP contribution in [0.25, 0.3) is 0 Å². The van der Waals surface area contributed by atoms with Crippen molar-refractivity contribution in [2.45, 2.75) is 12.8 Å². The van der Waals surface area contributed by atoms with Gasteiger partial charge in [0.05, 0.1) is 11.5 Å². The number of nitrogens with two attached hydrogens (primary N) is 1. The van der Waals surface area contributed by atoms with Crippen LogP contribution in [0.15, 0.2) is 11.6 Å². The van der Waals surface area contributed by atoms with Crippen molar-refractivity contribution in [3.8, 4) is 0 Å². The highest BCUT2D eigenvalue weighted by Crippen LogP contribution is 2.16. The van der Waals surface area contributed by atoms with Crippen molar-refractivity contribution in [2.75, 3.05) is 18.1 Å². The first kappa shape index (κ1) is 8.74. The van der Waals surface area contributed by atoms with Gasteiger partial charge in [0.2, 0.25) is 0 Å². The van der Waals surface area contributed by atoms with Gasteiger partial charge in [-0.15, -0.1) is 0 Å². The summed E-state index contributed by atoms with van der Waals surface area (Å²) in [6.07, 6.45) is 3.29. The van der Waals surface area contributed by atoms with Gasteiger partial charge in [0.1, 0.15) is 0 Å². The zero-order valence-electron chi connectivity index (χ0n) is 6.41. The van der Waals surface area contributed by atoms with Gasteiger partial charge in [-0.3, -0.25) is 0 Å². The van der Waals surface area contributed by atoms with Crippen molar-refractivity contribution in [2.24, 2.45) is 5.73 Å². The molecule has 1 rings (SSSR count). The number of rotatable bonds is 1. The van der Waals surface area contributed by atoms with E-state index in [1.807, 2.05) is 6.08 Å². The molecule has 0 amide bonds. The van der Waals surface area contributed by atoms with Gasteiger partial charge >= 0.3 is 0 Å².